The molecule has 1 aliphatic heterocycles. The zero-order valence-corrected chi connectivity index (χ0v) is 6.97. The quantitative estimate of drug-likeness (QED) is 0.446. The molecule has 0 unspecified atom stereocenters. The fraction of sp³-hybridized carbons (Fsp3) is 0.857. The van der Waals surface area contributed by atoms with Crippen LogP contribution in [0.5, 0.6) is 0 Å². The third-order valence-electron chi connectivity index (χ3n) is 2.19. The molecule has 5 N–H and O–H groups in total. The number of carbonyl (C=O) groups is 1. The lowest BCUT2D eigenvalue weighted by molar-refractivity contribution is 0.187. The van der Waals surface area contributed by atoms with Crippen molar-refractivity contribution < 1.29 is 9.90 Å². The monoisotopic (exact) mass is 173 g/mol. The summed E-state index contributed by atoms with van der Waals surface area (Å²) in [4.78, 5) is 10.2. The minimum absolute atomic E-state index is 0.344. The van der Waals surface area contributed by atoms with Crippen LogP contribution in [-0.2, 0) is 0 Å². The molecule has 5 nitrogen and oxygen atoms in total. The highest BCUT2D eigenvalue weighted by Crippen LogP contribution is 2.13. The van der Waals surface area contributed by atoms with E-state index in [4.69, 9.17) is 10.8 Å². The summed E-state index contributed by atoms with van der Waals surface area (Å²) >= 11 is 0. The Kier molecular flexibility index (Phi) is 2.88. The van der Waals surface area contributed by atoms with Crippen molar-refractivity contribution in [3.63, 3.8) is 0 Å². The summed E-state index contributed by atoms with van der Waals surface area (Å²) in [6, 6.07) is 0. The van der Waals surface area contributed by atoms with E-state index < -0.39 is 6.09 Å². The van der Waals surface area contributed by atoms with Crippen molar-refractivity contribution in [2.24, 2.45) is 5.73 Å². The number of amides is 1. The van der Waals surface area contributed by atoms with Gasteiger partial charge in [-0.1, -0.05) is 0 Å². The summed E-state index contributed by atoms with van der Waals surface area (Å²) in [6.45, 7) is 2.10. The van der Waals surface area contributed by atoms with Crippen molar-refractivity contribution in [3.05, 3.63) is 0 Å². The number of rotatable bonds is 2. The van der Waals surface area contributed by atoms with E-state index in [0.29, 0.717) is 6.54 Å². The first-order valence-corrected chi connectivity index (χ1v) is 4.09. The number of nitrogens with one attached hydrogen (secondary N) is 2. The molecule has 1 rings (SSSR count). The first kappa shape index (κ1) is 9.28. The Balaban J connectivity index is 2.31. The van der Waals surface area contributed by atoms with Gasteiger partial charge in [-0.25, -0.2) is 4.79 Å². The van der Waals surface area contributed by atoms with Gasteiger partial charge >= 0.3 is 6.09 Å². The van der Waals surface area contributed by atoms with Crippen LogP contribution < -0.4 is 16.4 Å². The summed E-state index contributed by atoms with van der Waals surface area (Å²) in [6.07, 6.45) is 0.652. The molecule has 12 heavy (non-hydrogen) atoms. The van der Waals surface area contributed by atoms with Crippen LogP contribution in [-0.4, -0.2) is 36.4 Å². The van der Waals surface area contributed by atoms with Crippen LogP contribution >= 0.6 is 0 Å². The van der Waals surface area contributed by atoms with Gasteiger partial charge in [-0.05, 0) is 25.9 Å². The van der Waals surface area contributed by atoms with Gasteiger partial charge < -0.3 is 21.5 Å². The molecule has 0 aromatic rings. The van der Waals surface area contributed by atoms with E-state index in [1.165, 1.54) is 0 Å². The third-order valence-corrected chi connectivity index (χ3v) is 2.19. The summed E-state index contributed by atoms with van der Waals surface area (Å²) in [5, 5.41) is 13.9. The van der Waals surface area contributed by atoms with Gasteiger partial charge in [0.1, 0.15) is 0 Å². The van der Waals surface area contributed by atoms with Gasteiger partial charge in [-0.2, -0.15) is 0 Å². The molecule has 1 fully saturated rings. The summed E-state index contributed by atoms with van der Waals surface area (Å²) < 4.78 is 0. The normalized spacial score (nSPS) is 21.8. The molecule has 0 saturated carbocycles. The molecule has 1 heterocycles. The van der Waals surface area contributed by atoms with Gasteiger partial charge in [0.05, 0.1) is 0 Å². The lowest BCUT2D eigenvalue weighted by Gasteiger charge is -2.33. The Morgan fingerprint density at radius 3 is 2.67 bits per heavy atom. The second-order valence-electron chi connectivity index (χ2n) is 3.27. The van der Waals surface area contributed by atoms with Gasteiger partial charge in [-0.15, -0.1) is 0 Å². The van der Waals surface area contributed by atoms with Gasteiger partial charge in [-0.3, -0.25) is 0 Å². The highest BCUT2D eigenvalue weighted by Gasteiger charge is 2.27. The molecule has 0 aromatic carbocycles. The highest BCUT2D eigenvalue weighted by atomic mass is 16.4. The topological polar surface area (TPSA) is 87.4 Å². The number of hydrogen-bond donors (Lipinski definition) is 4. The molecular formula is C7H15N3O2. The van der Waals surface area contributed by atoms with E-state index in [1.54, 1.807) is 0 Å². The predicted octanol–water partition coefficient (Wildman–Crippen LogP) is -0.665. The van der Waals surface area contributed by atoms with Crippen LogP contribution in [0.2, 0.25) is 0 Å². The van der Waals surface area contributed by atoms with Crippen molar-refractivity contribution >= 4 is 6.09 Å². The molecule has 70 valence electrons. The Morgan fingerprint density at radius 2 is 2.17 bits per heavy atom. The van der Waals surface area contributed by atoms with Gasteiger partial charge in [0, 0.05) is 12.1 Å². The Bertz CT molecular complexity index is 166. The largest absolute Gasteiger partial charge is 0.465 e. The summed E-state index contributed by atoms with van der Waals surface area (Å²) in [5.74, 6) is 0. The number of hydrogen-bond acceptors (Lipinski definition) is 3. The molecule has 0 aliphatic carbocycles. The first-order valence-electron chi connectivity index (χ1n) is 4.09. The molecule has 0 radical (unpaired) electrons. The number of nitrogens with two attached hydrogens (primary N) is 1. The summed E-state index contributed by atoms with van der Waals surface area (Å²) in [7, 11) is 0. The molecular weight excluding hydrogens is 158 g/mol. The van der Waals surface area contributed by atoms with Gasteiger partial charge in [0.25, 0.3) is 0 Å². The van der Waals surface area contributed by atoms with Gasteiger partial charge in [0.2, 0.25) is 0 Å². The van der Waals surface area contributed by atoms with Gasteiger partial charge in [0.15, 0.2) is 0 Å². The maximum absolute atomic E-state index is 10.2. The molecule has 0 bridgehead atoms. The fourth-order valence-electron chi connectivity index (χ4n) is 1.35. The van der Waals surface area contributed by atoms with E-state index in [9.17, 15) is 4.79 Å². The Morgan fingerprint density at radius 1 is 1.58 bits per heavy atom. The molecule has 5 heteroatoms. The molecule has 0 aromatic heterocycles. The Hall–Kier alpha value is -0.810. The van der Waals surface area contributed by atoms with Crippen LogP contribution in [0.25, 0.3) is 0 Å². The SMILES string of the molecule is NC1(CNC(=O)O)CCNCC1. The van der Waals surface area contributed by atoms with E-state index in [2.05, 4.69) is 10.6 Å². The van der Waals surface area contributed by atoms with E-state index in [0.717, 1.165) is 25.9 Å². The van der Waals surface area contributed by atoms with E-state index in [-0.39, 0.29) is 5.54 Å². The van der Waals surface area contributed by atoms with Crippen molar-refractivity contribution in [1.29, 1.82) is 0 Å². The maximum Gasteiger partial charge on any atom is 0.404 e. The predicted molar refractivity (Wildman–Crippen MR) is 45.0 cm³/mol. The Labute approximate surface area is 71.3 Å². The van der Waals surface area contributed by atoms with E-state index in [1.807, 2.05) is 0 Å². The lowest BCUT2D eigenvalue weighted by Crippen LogP contribution is -2.55. The van der Waals surface area contributed by atoms with Crippen LogP contribution in [0.1, 0.15) is 12.8 Å². The van der Waals surface area contributed by atoms with Crippen molar-refractivity contribution in [2.75, 3.05) is 19.6 Å². The number of piperidine rings is 1. The standard InChI is InChI=1S/C7H15N3O2/c8-7(5-10-6(11)12)1-3-9-4-2-7/h9-10H,1-5,8H2,(H,11,12). The highest BCUT2D eigenvalue weighted by molar-refractivity contribution is 5.64. The summed E-state index contributed by atoms with van der Waals surface area (Å²) in [5.41, 5.74) is 5.60. The van der Waals surface area contributed by atoms with Crippen molar-refractivity contribution in [3.8, 4) is 0 Å². The molecule has 0 spiro atoms. The lowest BCUT2D eigenvalue weighted by atomic mass is 9.90. The third kappa shape index (κ3) is 2.67. The van der Waals surface area contributed by atoms with E-state index >= 15 is 0 Å². The van der Waals surface area contributed by atoms with Crippen molar-refractivity contribution in [2.45, 2.75) is 18.4 Å². The molecule has 1 aliphatic rings. The fourth-order valence-corrected chi connectivity index (χ4v) is 1.35. The van der Waals surface area contributed by atoms with Crippen LogP contribution in [0.3, 0.4) is 0 Å². The second kappa shape index (κ2) is 3.73. The first-order chi connectivity index (χ1) is 5.62. The minimum atomic E-state index is -1.00. The smallest absolute Gasteiger partial charge is 0.404 e. The zero-order valence-electron chi connectivity index (χ0n) is 6.97. The average Bonchev–Trinajstić information content (AvgIpc) is 2.03. The van der Waals surface area contributed by atoms with Crippen LogP contribution in [0.4, 0.5) is 4.79 Å². The van der Waals surface area contributed by atoms with Crippen LogP contribution in [0.15, 0.2) is 0 Å². The maximum atomic E-state index is 10.2. The average molecular weight is 173 g/mol. The second-order valence-corrected chi connectivity index (χ2v) is 3.27. The minimum Gasteiger partial charge on any atom is -0.465 e. The van der Waals surface area contributed by atoms with Crippen molar-refractivity contribution in [1.82, 2.24) is 10.6 Å². The number of carboxylic acid groups (broad SMARTS) is 1. The molecule has 1 amide bonds. The molecule has 0 atom stereocenters. The zero-order chi connectivity index (χ0) is 9.03. The van der Waals surface area contributed by atoms with Crippen LogP contribution in [0, 0.1) is 0 Å². The molecule has 1 saturated heterocycles.